The Morgan fingerprint density at radius 2 is 1.69 bits per heavy atom. The Bertz CT molecular complexity index is 727. The standard InChI is InChI=1S/C22H28N2O.HI/c1-17-10-9-11-18(2)22(17)23-21(25)16-24(3)15-8-7-14-20(24)19-12-5-4-6-13-19;/h4-6,9-13,20H,7-8,14-16H2,1-3H3;1H. The molecule has 2 aromatic carbocycles. The van der Waals surface area contributed by atoms with Crippen LogP contribution >= 0.6 is 0 Å². The third kappa shape index (κ3) is 4.65. The van der Waals surface area contributed by atoms with Crippen molar-refractivity contribution in [2.75, 3.05) is 25.5 Å². The Balaban J connectivity index is 0.00000243. The van der Waals surface area contributed by atoms with Crippen LogP contribution in [0.25, 0.3) is 0 Å². The maximum Gasteiger partial charge on any atom is 0.279 e. The number of piperidine rings is 1. The van der Waals surface area contributed by atoms with Crippen LogP contribution in [-0.2, 0) is 4.79 Å². The zero-order valence-corrected chi connectivity index (χ0v) is 18.1. The zero-order valence-electron chi connectivity index (χ0n) is 16.0. The van der Waals surface area contributed by atoms with E-state index in [0.29, 0.717) is 12.6 Å². The van der Waals surface area contributed by atoms with Crippen molar-refractivity contribution in [2.45, 2.75) is 39.2 Å². The van der Waals surface area contributed by atoms with Gasteiger partial charge in [0.1, 0.15) is 6.04 Å². The molecule has 2 aromatic rings. The van der Waals surface area contributed by atoms with Gasteiger partial charge in [-0.3, -0.25) is 4.79 Å². The van der Waals surface area contributed by atoms with E-state index in [1.165, 1.54) is 18.4 Å². The molecule has 1 heterocycles. The number of likely N-dealkylation sites (N-methyl/N-ethyl adjacent to an activating group) is 1. The molecule has 3 rings (SSSR count). The molecule has 4 heteroatoms. The Kier molecular flexibility index (Phi) is 7.24. The van der Waals surface area contributed by atoms with Gasteiger partial charge in [0.15, 0.2) is 6.54 Å². The summed E-state index contributed by atoms with van der Waals surface area (Å²) in [5, 5.41) is 3.17. The zero-order chi connectivity index (χ0) is 17.9. The fourth-order valence-corrected chi connectivity index (χ4v) is 4.19. The van der Waals surface area contributed by atoms with E-state index in [1.807, 2.05) is 32.0 Å². The number of carbonyl (C=O) groups excluding carboxylic acids is 1. The van der Waals surface area contributed by atoms with E-state index in [4.69, 9.17) is 0 Å². The lowest BCUT2D eigenvalue weighted by Crippen LogP contribution is -3.00. The number of nitrogens with zero attached hydrogens (tertiary/aromatic N) is 1. The number of hydrogen-bond acceptors (Lipinski definition) is 1. The van der Waals surface area contributed by atoms with Crippen LogP contribution in [0, 0.1) is 13.8 Å². The molecular formula is C22H29IN2O. The van der Waals surface area contributed by atoms with Gasteiger partial charge in [-0.15, -0.1) is 0 Å². The SMILES string of the molecule is Cc1cccc(C)c1NC(=O)C[N+]1(C)CCCCC1c1ccccc1.[I-]. The van der Waals surface area contributed by atoms with Crippen molar-refractivity contribution in [2.24, 2.45) is 0 Å². The molecule has 3 nitrogen and oxygen atoms in total. The van der Waals surface area contributed by atoms with Gasteiger partial charge in [0, 0.05) is 17.7 Å². The van der Waals surface area contributed by atoms with Crippen LogP contribution in [0.4, 0.5) is 5.69 Å². The van der Waals surface area contributed by atoms with E-state index in [1.54, 1.807) is 0 Å². The second-order valence-electron chi connectivity index (χ2n) is 7.60. The number of aryl methyl sites for hydroxylation is 2. The number of quaternary nitrogens is 1. The van der Waals surface area contributed by atoms with Gasteiger partial charge in [0.25, 0.3) is 5.91 Å². The molecule has 1 amide bonds. The van der Waals surface area contributed by atoms with Crippen molar-refractivity contribution < 1.29 is 33.3 Å². The van der Waals surface area contributed by atoms with E-state index in [-0.39, 0.29) is 29.9 Å². The summed E-state index contributed by atoms with van der Waals surface area (Å²) >= 11 is 0. The van der Waals surface area contributed by atoms with E-state index in [2.05, 4.69) is 42.7 Å². The fraction of sp³-hybridized carbons (Fsp3) is 0.409. The van der Waals surface area contributed by atoms with Gasteiger partial charge in [0.05, 0.1) is 13.6 Å². The largest absolute Gasteiger partial charge is 1.00 e. The summed E-state index contributed by atoms with van der Waals surface area (Å²) in [6, 6.07) is 17.2. The molecule has 0 spiro atoms. The van der Waals surface area contributed by atoms with Crippen molar-refractivity contribution >= 4 is 11.6 Å². The summed E-state index contributed by atoms with van der Waals surface area (Å²) in [7, 11) is 2.24. The molecule has 0 aromatic heterocycles. The second kappa shape index (κ2) is 9.00. The Labute approximate surface area is 174 Å². The minimum atomic E-state index is 0. The van der Waals surface area contributed by atoms with Crippen molar-refractivity contribution in [1.82, 2.24) is 0 Å². The van der Waals surface area contributed by atoms with Crippen LogP contribution in [0.5, 0.6) is 0 Å². The molecule has 0 bridgehead atoms. The highest BCUT2D eigenvalue weighted by Crippen LogP contribution is 2.36. The number of para-hydroxylation sites is 1. The third-order valence-corrected chi connectivity index (χ3v) is 5.58. The van der Waals surface area contributed by atoms with Crippen LogP contribution in [-0.4, -0.2) is 30.5 Å². The lowest BCUT2D eigenvalue weighted by atomic mass is 9.92. The molecule has 0 radical (unpaired) electrons. The molecule has 1 N–H and O–H groups in total. The van der Waals surface area contributed by atoms with E-state index < -0.39 is 0 Å². The summed E-state index contributed by atoms with van der Waals surface area (Å²) in [5.41, 5.74) is 4.56. The highest BCUT2D eigenvalue weighted by atomic mass is 127. The summed E-state index contributed by atoms with van der Waals surface area (Å²) < 4.78 is 0.792. The average Bonchev–Trinajstić information content (AvgIpc) is 2.59. The molecule has 0 saturated carbocycles. The topological polar surface area (TPSA) is 29.1 Å². The molecular weight excluding hydrogens is 435 g/mol. The Morgan fingerprint density at radius 3 is 2.35 bits per heavy atom. The van der Waals surface area contributed by atoms with Gasteiger partial charge in [-0.05, 0) is 37.8 Å². The molecule has 1 fully saturated rings. The monoisotopic (exact) mass is 464 g/mol. The number of hydrogen-bond donors (Lipinski definition) is 1. The molecule has 1 aliphatic heterocycles. The first-order chi connectivity index (χ1) is 12.0. The van der Waals surface area contributed by atoms with Gasteiger partial charge in [-0.25, -0.2) is 0 Å². The lowest BCUT2D eigenvalue weighted by Gasteiger charge is -2.44. The molecule has 1 saturated heterocycles. The van der Waals surface area contributed by atoms with Crippen molar-refractivity contribution in [3.63, 3.8) is 0 Å². The molecule has 1 aliphatic rings. The molecule has 2 atom stereocenters. The number of benzene rings is 2. The summed E-state index contributed by atoms with van der Waals surface area (Å²) in [6.45, 7) is 5.67. The quantitative estimate of drug-likeness (QED) is 0.541. The van der Waals surface area contributed by atoms with Crippen LogP contribution in [0.1, 0.15) is 42.0 Å². The number of amides is 1. The van der Waals surface area contributed by atoms with Crippen LogP contribution in [0.3, 0.4) is 0 Å². The molecule has 2 unspecified atom stereocenters. The van der Waals surface area contributed by atoms with E-state index >= 15 is 0 Å². The molecule has 140 valence electrons. The maximum atomic E-state index is 12.8. The second-order valence-corrected chi connectivity index (χ2v) is 7.60. The van der Waals surface area contributed by atoms with Gasteiger partial charge in [-0.2, -0.15) is 0 Å². The van der Waals surface area contributed by atoms with Gasteiger partial charge >= 0.3 is 0 Å². The minimum Gasteiger partial charge on any atom is -1.00 e. The summed E-state index contributed by atoms with van der Waals surface area (Å²) in [4.78, 5) is 12.8. The average molecular weight is 464 g/mol. The predicted octanol–water partition coefficient (Wildman–Crippen LogP) is 1.62. The van der Waals surface area contributed by atoms with Gasteiger partial charge in [-0.1, -0.05) is 48.5 Å². The third-order valence-electron chi connectivity index (χ3n) is 5.58. The predicted molar refractivity (Wildman–Crippen MR) is 103 cm³/mol. The van der Waals surface area contributed by atoms with Crippen molar-refractivity contribution in [3.05, 3.63) is 65.2 Å². The minimum absolute atomic E-state index is 0. The summed E-state index contributed by atoms with van der Waals surface area (Å²) in [5.74, 6) is 0.114. The van der Waals surface area contributed by atoms with Gasteiger partial charge < -0.3 is 33.8 Å². The number of halogens is 1. The smallest absolute Gasteiger partial charge is 0.279 e. The van der Waals surface area contributed by atoms with Crippen molar-refractivity contribution in [1.29, 1.82) is 0 Å². The first-order valence-corrected chi connectivity index (χ1v) is 9.25. The van der Waals surface area contributed by atoms with Crippen molar-refractivity contribution in [3.8, 4) is 0 Å². The first-order valence-electron chi connectivity index (χ1n) is 9.25. The van der Waals surface area contributed by atoms with Crippen LogP contribution in [0.2, 0.25) is 0 Å². The maximum absolute atomic E-state index is 12.8. The fourth-order valence-electron chi connectivity index (χ4n) is 4.19. The Morgan fingerprint density at radius 1 is 1.04 bits per heavy atom. The number of anilines is 1. The number of rotatable bonds is 4. The number of nitrogens with one attached hydrogen (secondary N) is 1. The Hall–Kier alpha value is -1.40. The highest BCUT2D eigenvalue weighted by molar-refractivity contribution is 5.93. The van der Waals surface area contributed by atoms with Crippen LogP contribution < -0.4 is 29.3 Å². The molecule has 0 aliphatic carbocycles. The van der Waals surface area contributed by atoms with Gasteiger partial charge in [0.2, 0.25) is 0 Å². The van der Waals surface area contributed by atoms with E-state index in [0.717, 1.165) is 34.3 Å². The normalized spacial score (nSPS) is 22.3. The molecule has 26 heavy (non-hydrogen) atoms. The number of carbonyl (C=O) groups is 1. The highest BCUT2D eigenvalue weighted by Gasteiger charge is 2.38. The van der Waals surface area contributed by atoms with Crippen LogP contribution in [0.15, 0.2) is 48.5 Å². The summed E-state index contributed by atoms with van der Waals surface area (Å²) in [6.07, 6.45) is 3.58. The number of likely N-dealkylation sites (tertiary alicyclic amines) is 1. The van der Waals surface area contributed by atoms with E-state index in [9.17, 15) is 4.79 Å². The first kappa shape index (κ1) is 20.9. The lowest BCUT2D eigenvalue weighted by molar-refractivity contribution is -0.937.